The van der Waals surface area contributed by atoms with Crippen molar-refractivity contribution in [2.75, 3.05) is 0 Å². The first-order chi connectivity index (χ1) is 9.22. The Morgan fingerprint density at radius 1 is 1.37 bits per heavy atom. The number of oxazole rings is 1. The fraction of sp³-hybridized carbons (Fsp3) is 0.467. The third-order valence-electron chi connectivity index (χ3n) is 3.92. The maximum atomic E-state index is 10.9. The van der Waals surface area contributed by atoms with Gasteiger partial charge in [-0.1, -0.05) is 25.7 Å². The minimum atomic E-state index is -0.939. The number of aromatic carboxylic acids is 1. The van der Waals surface area contributed by atoms with E-state index in [0.29, 0.717) is 5.58 Å². The molecule has 1 fully saturated rings. The fourth-order valence-corrected chi connectivity index (χ4v) is 2.84. The van der Waals surface area contributed by atoms with Crippen molar-refractivity contribution in [3.63, 3.8) is 0 Å². The molecular weight excluding hydrogens is 242 g/mol. The zero-order chi connectivity index (χ0) is 13.2. The highest BCUT2D eigenvalue weighted by atomic mass is 16.4. The van der Waals surface area contributed by atoms with Gasteiger partial charge in [-0.25, -0.2) is 9.78 Å². The largest absolute Gasteiger partial charge is 0.478 e. The second kappa shape index (κ2) is 5.03. The summed E-state index contributed by atoms with van der Waals surface area (Å²) in [7, 11) is 0. The van der Waals surface area contributed by atoms with Crippen LogP contribution in [0.2, 0.25) is 0 Å². The predicted octanol–water partition coefficient (Wildman–Crippen LogP) is 3.65. The second-order valence-electron chi connectivity index (χ2n) is 5.28. The van der Waals surface area contributed by atoms with Crippen LogP contribution in [0.15, 0.2) is 22.6 Å². The van der Waals surface area contributed by atoms with Crippen LogP contribution in [-0.2, 0) is 6.42 Å². The number of aromatic nitrogens is 1. The van der Waals surface area contributed by atoms with E-state index >= 15 is 0 Å². The maximum Gasteiger partial charge on any atom is 0.335 e. The minimum Gasteiger partial charge on any atom is -0.478 e. The molecule has 0 radical (unpaired) electrons. The van der Waals surface area contributed by atoms with Crippen molar-refractivity contribution in [3.8, 4) is 0 Å². The number of carboxylic acid groups (broad SMARTS) is 1. The SMILES string of the molecule is O=C(O)c1ccc2nc(CCC3CCCC3)oc2c1. The lowest BCUT2D eigenvalue weighted by Gasteiger charge is -2.05. The molecule has 1 saturated carbocycles. The highest BCUT2D eigenvalue weighted by Crippen LogP contribution is 2.29. The zero-order valence-electron chi connectivity index (χ0n) is 10.8. The van der Waals surface area contributed by atoms with Crippen LogP contribution in [0.3, 0.4) is 0 Å². The van der Waals surface area contributed by atoms with Crippen LogP contribution in [0.25, 0.3) is 11.1 Å². The molecule has 0 atom stereocenters. The molecule has 1 N–H and O–H groups in total. The number of hydrogen-bond acceptors (Lipinski definition) is 3. The van der Waals surface area contributed by atoms with Crippen LogP contribution in [0.4, 0.5) is 0 Å². The van der Waals surface area contributed by atoms with E-state index in [1.807, 2.05) is 0 Å². The van der Waals surface area contributed by atoms with Gasteiger partial charge in [-0.2, -0.15) is 0 Å². The third kappa shape index (κ3) is 2.62. The molecular formula is C15H17NO3. The van der Waals surface area contributed by atoms with E-state index < -0.39 is 5.97 Å². The van der Waals surface area contributed by atoms with Crippen LogP contribution < -0.4 is 0 Å². The molecule has 3 rings (SSSR count). The topological polar surface area (TPSA) is 63.3 Å². The summed E-state index contributed by atoms with van der Waals surface area (Å²) in [6.45, 7) is 0. The van der Waals surface area contributed by atoms with Crippen molar-refractivity contribution in [2.24, 2.45) is 5.92 Å². The summed E-state index contributed by atoms with van der Waals surface area (Å²) in [6, 6.07) is 4.82. The Balaban J connectivity index is 1.75. The summed E-state index contributed by atoms with van der Waals surface area (Å²) < 4.78 is 5.64. The Morgan fingerprint density at radius 2 is 2.16 bits per heavy atom. The average molecular weight is 259 g/mol. The van der Waals surface area contributed by atoms with Crippen LogP contribution in [-0.4, -0.2) is 16.1 Å². The molecule has 4 nitrogen and oxygen atoms in total. The zero-order valence-corrected chi connectivity index (χ0v) is 10.8. The third-order valence-corrected chi connectivity index (χ3v) is 3.92. The molecule has 2 aromatic rings. The maximum absolute atomic E-state index is 10.9. The standard InChI is InChI=1S/C15H17NO3/c17-15(18)11-6-7-12-13(9-11)19-14(16-12)8-5-10-3-1-2-4-10/h6-7,9-10H,1-5,8H2,(H,17,18). The van der Waals surface area contributed by atoms with E-state index in [2.05, 4.69) is 4.98 Å². The highest BCUT2D eigenvalue weighted by Gasteiger charge is 2.16. The summed E-state index contributed by atoms with van der Waals surface area (Å²) in [5, 5.41) is 8.94. The lowest BCUT2D eigenvalue weighted by molar-refractivity contribution is 0.0697. The van der Waals surface area contributed by atoms with Crippen molar-refractivity contribution in [1.82, 2.24) is 4.98 Å². The number of rotatable bonds is 4. The van der Waals surface area contributed by atoms with Crippen LogP contribution in [0.5, 0.6) is 0 Å². The Hall–Kier alpha value is -1.84. The van der Waals surface area contributed by atoms with Crippen molar-refractivity contribution in [3.05, 3.63) is 29.7 Å². The molecule has 19 heavy (non-hydrogen) atoms. The Kier molecular flexibility index (Phi) is 3.23. The fourth-order valence-electron chi connectivity index (χ4n) is 2.84. The van der Waals surface area contributed by atoms with Gasteiger partial charge >= 0.3 is 5.97 Å². The van der Waals surface area contributed by atoms with Crippen molar-refractivity contribution in [1.29, 1.82) is 0 Å². The minimum absolute atomic E-state index is 0.242. The molecule has 0 unspecified atom stereocenters. The molecule has 0 saturated heterocycles. The van der Waals surface area contributed by atoms with E-state index in [1.165, 1.54) is 25.7 Å². The Bertz CT molecular complexity index is 596. The molecule has 0 spiro atoms. The summed E-state index contributed by atoms with van der Waals surface area (Å²) in [5.74, 6) is 0.597. The number of benzene rings is 1. The number of carboxylic acids is 1. The lowest BCUT2D eigenvalue weighted by Crippen LogP contribution is -1.96. The van der Waals surface area contributed by atoms with E-state index in [9.17, 15) is 4.79 Å². The van der Waals surface area contributed by atoms with Gasteiger partial charge in [-0.05, 0) is 30.5 Å². The van der Waals surface area contributed by atoms with E-state index in [1.54, 1.807) is 18.2 Å². The molecule has 1 aliphatic rings. The highest BCUT2D eigenvalue weighted by molar-refractivity contribution is 5.91. The Labute approximate surface area is 111 Å². The van der Waals surface area contributed by atoms with Crippen LogP contribution in [0.1, 0.15) is 48.4 Å². The Morgan fingerprint density at radius 3 is 2.89 bits per heavy atom. The molecule has 1 aromatic carbocycles. The van der Waals surface area contributed by atoms with E-state index in [-0.39, 0.29) is 5.56 Å². The molecule has 1 aliphatic carbocycles. The molecule has 1 aromatic heterocycles. The van der Waals surface area contributed by atoms with Gasteiger partial charge in [0, 0.05) is 6.42 Å². The molecule has 0 aliphatic heterocycles. The van der Waals surface area contributed by atoms with Gasteiger partial charge in [0.1, 0.15) is 5.52 Å². The van der Waals surface area contributed by atoms with Gasteiger partial charge in [-0.15, -0.1) is 0 Å². The normalized spacial score (nSPS) is 16.2. The van der Waals surface area contributed by atoms with Crippen molar-refractivity contribution < 1.29 is 14.3 Å². The van der Waals surface area contributed by atoms with Gasteiger partial charge < -0.3 is 9.52 Å². The summed E-state index contributed by atoms with van der Waals surface area (Å²) >= 11 is 0. The summed E-state index contributed by atoms with van der Waals surface area (Å²) in [5.41, 5.74) is 1.55. The van der Waals surface area contributed by atoms with Gasteiger partial charge in [0.2, 0.25) is 0 Å². The van der Waals surface area contributed by atoms with Gasteiger partial charge in [0.05, 0.1) is 5.56 Å². The van der Waals surface area contributed by atoms with E-state index in [4.69, 9.17) is 9.52 Å². The monoisotopic (exact) mass is 259 g/mol. The molecule has 0 amide bonds. The van der Waals surface area contributed by atoms with E-state index in [0.717, 1.165) is 30.2 Å². The number of nitrogens with zero attached hydrogens (tertiary/aromatic N) is 1. The average Bonchev–Trinajstić information content (AvgIpc) is 3.04. The number of carbonyl (C=O) groups is 1. The first-order valence-electron chi connectivity index (χ1n) is 6.85. The van der Waals surface area contributed by atoms with Crippen LogP contribution >= 0.6 is 0 Å². The van der Waals surface area contributed by atoms with Gasteiger partial charge in [0.15, 0.2) is 11.5 Å². The van der Waals surface area contributed by atoms with Crippen LogP contribution in [0, 0.1) is 5.92 Å². The molecule has 100 valence electrons. The molecule has 4 heteroatoms. The first kappa shape index (κ1) is 12.2. The van der Waals surface area contributed by atoms with Gasteiger partial charge in [0.25, 0.3) is 0 Å². The number of aryl methyl sites for hydroxylation is 1. The summed E-state index contributed by atoms with van der Waals surface area (Å²) in [4.78, 5) is 15.3. The lowest BCUT2D eigenvalue weighted by atomic mass is 10.0. The van der Waals surface area contributed by atoms with Crippen molar-refractivity contribution in [2.45, 2.75) is 38.5 Å². The smallest absolute Gasteiger partial charge is 0.335 e. The van der Waals surface area contributed by atoms with Gasteiger partial charge in [-0.3, -0.25) is 0 Å². The molecule has 1 heterocycles. The number of hydrogen-bond donors (Lipinski definition) is 1. The predicted molar refractivity (Wildman–Crippen MR) is 71.2 cm³/mol. The molecule has 0 bridgehead atoms. The summed E-state index contributed by atoms with van der Waals surface area (Å²) in [6.07, 6.45) is 7.31. The second-order valence-corrected chi connectivity index (χ2v) is 5.28. The van der Waals surface area contributed by atoms with Crippen molar-refractivity contribution >= 4 is 17.1 Å². The first-order valence-corrected chi connectivity index (χ1v) is 6.85. The number of fused-ring (bicyclic) bond motifs is 1. The quantitative estimate of drug-likeness (QED) is 0.910.